The van der Waals surface area contributed by atoms with E-state index in [1.54, 1.807) is 0 Å². The van der Waals surface area contributed by atoms with E-state index in [0.29, 0.717) is 0 Å². The number of piperidine rings is 1. The zero-order valence-corrected chi connectivity index (χ0v) is 11.9. The number of rotatable bonds is 4. The van der Waals surface area contributed by atoms with Gasteiger partial charge in [0.15, 0.2) is 17.2 Å². The molecule has 2 rings (SSSR count). The quantitative estimate of drug-likeness (QED) is 0.879. The van der Waals surface area contributed by atoms with Gasteiger partial charge in [-0.25, -0.2) is 13.6 Å². The maximum atomic E-state index is 13.5. The summed E-state index contributed by atoms with van der Waals surface area (Å²) in [5.74, 6) is -3.46. The molecule has 1 aliphatic heterocycles. The van der Waals surface area contributed by atoms with Gasteiger partial charge < -0.3 is 15.1 Å². The molecule has 1 aliphatic rings. The van der Waals surface area contributed by atoms with Gasteiger partial charge in [0, 0.05) is 32.4 Å². The maximum Gasteiger partial charge on any atom is 0.335 e. The van der Waals surface area contributed by atoms with Gasteiger partial charge in [-0.15, -0.1) is 0 Å². The Kier molecular flexibility index (Phi) is 4.75. The Morgan fingerprint density at radius 2 is 1.86 bits per heavy atom. The standard InChI is InChI=1S/C15H17F2NO4/c16-11-3-1-2-10(13(11)17)4-5-12(19)18-8-6-15(22,7-9-18)14(20)21/h1-3,22H,4-9H2,(H,20,21). The fourth-order valence-electron chi connectivity index (χ4n) is 2.48. The molecule has 0 spiro atoms. The lowest BCUT2D eigenvalue weighted by Crippen LogP contribution is -2.50. The summed E-state index contributed by atoms with van der Waals surface area (Å²) in [7, 11) is 0. The zero-order chi connectivity index (χ0) is 16.3. The predicted molar refractivity (Wildman–Crippen MR) is 73.1 cm³/mol. The van der Waals surface area contributed by atoms with Gasteiger partial charge in [-0.1, -0.05) is 12.1 Å². The second-order valence-electron chi connectivity index (χ2n) is 5.43. The molecule has 2 N–H and O–H groups in total. The molecule has 0 radical (unpaired) electrons. The minimum atomic E-state index is -1.79. The van der Waals surface area contributed by atoms with Gasteiger partial charge in [0.1, 0.15) is 0 Å². The molecule has 0 aliphatic carbocycles. The average molecular weight is 313 g/mol. The van der Waals surface area contributed by atoms with Crippen molar-refractivity contribution >= 4 is 11.9 Å². The fraction of sp³-hybridized carbons (Fsp3) is 0.467. The molecule has 0 unspecified atom stereocenters. The van der Waals surface area contributed by atoms with E-state index in [2.05, 4.69) is 0 Å². The molecule has 1 aromatic carbocycles. The summed E-state index contributed by atoms with van der Waals surface area (Å²) in [6.07, 6.45) is -0.00119. The molecule has 22 heavy (non-hydrogen) atoms. The summed E-state index contributed by atoms with van der Waals surface area (Å²) in [5, 5.41) is 18.7. The van der Waals surface area contributed by atoms with Crippen LogP contribution in [0.25, 0.3) is 0 Å². The third kappa shape index (κ3) is 3.41. The van der Waals surface area contributed by atoms with Crippen molar-refractivity contribution in [1.82, 2.24) is 4.90 Å². The molecule has 7 heteroatoms. The number of aryl methyl sites for hydroxylation is 1. The van der Waals surface area contributed by atoms with Crippen LogP contribution in [0.15, 0.2) is 18.2 Å². The van der Waals surface area contributed by atoms with E-state index in [-0.39, 0.29) is 50.2 Å². The Hall–Kier alpha value is -2.02. The fourth-order valence-corrected chi connectivity index (χ4v) is 2.48. The van der Waals surface area contributed by atoms with Gasteiger partial charge >= 0.3 is 5.97 Å². The van der Waals surface area contributed by atoms with Gasteiger partial charge in [-0.3, -0.25) is 4.79 Å². The van der Waals surface area contributed by atoms with E-state index in [1.807, 2.05) is 0 Å². The molecule has 120 valence electrons. The second-order valence-corrected chi connectivity index (χ2v) is 5.43. The van der Waals surface area contributed by atoms with E-state index in [1.165, 1.54) is 17.0 Å². The maximum absolute atomic E-state index is 13.5. The van der Waals surface area contributed by atoms with Crippen molar-refractivity contribution in [3.63, 3.8) is 0 Å². The van der Waals surface area contributed by atoms with Crippen LogP contribution in [0.3, 0.4) is 0 Å². The SMILES string of the molecule is O=C(CCc1cccc(F)c1F)N1CCC(O)(C(=O)O)CC1. The predicted octanol–water partition coefficient (Wildman–Crippen LogP) is 1.34. The van der Waals surface area contributed by atoms with Gasteiger partial charge in [0.2, 0.25) is 5.91 Å². The van der Waals surface area contributed by atoms with Crippen LogP contribution in [-0.4, -0.2) is 45.7 Å². The molecule has 0 bridgehead atoms. The largest absolute Gasteiger partial charge is 0.479 e. The minimum Gasteiger partial charge on any atom is -0.479 e. The molecule has 0 saturated carbocycles. The molecule has 1 fully saturated rings. The van der Waals surface area contributed by atoms with Crippen molar-refractivity contribution < 1.29 is 28.6 Å². The van der Waals surface area contributed by atoms with Crippen LogP contribution >= 0.6 is 0 Å². The number of hydrogen-bond donors (Lipinski definition) is 2. The zero-order valence-electron chi connectivity index (χ0n) is 11.9. The van der Waals surface area contributed by atoms with Crippen molar-refractivity contribution in [1.29, 1.82) is 0 Å². The number of benzene rings is 1. The molecule has 1 amide bonds. The van der Waals surface area contributed by atoms with Gasteiger partial charge in [-0.2, -0.15) is 0 Å². The second kappa shape index (κ2) is 6.39. The summed E-state index contributed by atoms with van der Waals surface area (Å²) in [6.45, 7) is 0.264. The molecule has 1 saturated heterocycles. The average Bonchev–Trinajstić information content (AvgIpc) is 2.49. The molecule has 1 heterocycles. The van der Waals surface area contributed by atoms with Crippen LogP contribution in [0.1, 0.15) is 24.8 Å². The van der Waals surface area contributed by atoms with Crippen LogP contribution in [0.2, 0.25) is 0 Å². The number of aliphatic carboxylic acids is 1. The Balaban J connectivity index is 1.89. The third-order valence-electron chi connectivity index (χ3n) is 3.98. The molecule has 0 aromatic heterocycles. The van der Waals surface area contributed by atoms with Gasteiger partial charge in [-0.05, 0) is 18.1 Å². The van der Waals surface area contributed by atoms with Crippen molar-refractivity contribution in [2.24, 2.45) is 0 Å². The summed E-state index contributed by atoms with van der Waals surface area (Å²) in [4.78, 5) is 24.4. The highest BCUT2D eigenvalue weighted by Gasteiger charge is 2.40. The monoisotopic (exact) mass is 313 g/mol. The first-order valence-electron chi connectivity index (χ1n) is 7.00. The molecular formula is C15H17F2NO4. The van der Waals surface area contributed by atoms with Crippen LogP contribution < -0.4 is 0 Å². The number of carbonyl (C=O) groups excluding carboxylic acids is 1. The van der Waals surface area contributed by atoms with E-state index in [9.17, 15) is 23.5 Å². The number of halogens is 2. The van der Waals surface area contributed by atoms with Crippen molar-refractivity contribution in [2.45, 2.75) is 31.3 Å². The smallest absolute Gasteiger partial charge is 0.335 e. The first kappa shape index (κ1) is 16.4. The van der Waals surface area contributed by atoms with Crippen molar-refractivity contribution in [2.75, 3.05) is 13.1 Å². The third-order valence-corrected chi connectivity index (χ3v) is 3.98. The Morgan fingerprint density at radius 1 is 1.23 bits per heavy atom. The van der Waals surface area contributed by atoms with Crippen molar-refractivity contribution in [3.05, 3.63) is 35.4 Å². The Morgan fingerprint density at radius 3 is 2.45 bits per heavy atom. The van der Waals surface area contributed by atoms with Gasteiger partial charge in [0.25, 0.3) is 0 Å². The van der Waals surface area contributed by atoms with E-state index < -0.39 is 23.2 Å². The first-order chi connectivity index (χ1) is 10.3. The van der Waals surface area contributed by atoms with Gasteiger partial charge in [0.05, 0.1) is 0 Å². The molecule has 5 nitrogen and oxygen atoms in total. The van der Waals surface area contributed by atoms with Crippen molar-refractivity contribution in [3.8, 4) is 0 Å². The number of amides is 1. The lowest BCUT2D eigenvalue weighted by atomic mass is 9.91. The highest BCUT2D eigenvalue weighted by atomic mass is 19.2. The number of carboxylic acid groups (broad SMARTS) is 1. The number of nitrogens with zero attached hydrogens (tertiary/aromatic N) is 1. The lowest BCUT2D eigenvalue weighted by Gasteiger charge is -2.35. The Bertz CT molecular complexity index is 583. The normalized spacial score (nSPS) is 17.3. The van der Waals surface area contributed by atoms with E-state index >= 15 is 0 Å². The van der Waals surface area contributed by atoms with E-state index in [4.69, 9.17) is 5.11 Å². The van der Waals surface area contributed by atoms with Crippen LogP contribution in [0.4, 0.5) is 8.78 Å². The van der Waals surface area contributed by atoms with Crippen LogP contribution in [0, 0.1) is 11.6 Å². The molecule has 0 atom stereocenters. The summed E-state index contributed by atoms with van der Waals surface area (Å²) in [6, 6.07) is 3.81. The highest BCUT2D eigenvalue weighted by Crippen LogP contribution is 2.23. The topological polar surface area (TPSA) is 77.8 Å². The highest BCUT2D eigenvalue weighted by molar-refractivity contribution is 5.79. The summed E-state index contributed by atoms with van der Waals surface area (Å²) in [5.41, 5.74) is -1.65. The Labute approximate surface area is 126 Å². The number of likely N-dealkylation sites (tertiary alicyclic amines) is 1. The molecule has 1 aromatic rings. The van der Waals surface area contributed by atoms with Crippen LogP contribution in [-0.2, 0) is 16.0 Å². The number of aliphatic hydroxyl groups is 1. The number of hydrogen-bond acceptors (Lipinski definition) is 3. The van der Waals surface area contributed by atoms with E-state index in [0.717, 1.165) is 6.07 Å². The first-order valence-corrected chi connectivity index (χ1v) is 7.00. The number of carboxylic acids is 1. The number of carbonyl (C=O) groups is 2. The van der Waals surface area contributed by atoms with Crippen LogP contribution in [0.5, 0.6) is 0 Å². The lowest BCUT2D eigenvalue weighted by molar-refractivity contribution is -0.165. The molecular weight excluding hydrogens is 296 g/mol. The minimum absolute atomic E-state index is 0.00583. The summed E-state index contributed by atoms with van der Waals surface area (Å²) < 4.78 is 26.6. The summed E-state index contributed by atoms with van der Waals surface area (Å²) >= 11 is 0.